The summed E-state index contributed by atoms with van der Waals surface area (Å²) in [6.45, 7) is 2.11. The van der Waals surface area contributed by atoms with Gasteiger partial charge in [0, 0.05) is 0 Å². The first-order valence-corrected chi connectivity index (χ1v) is 6.99. The zero-order valence-corrected chi connectivity index (χ0v) is 12.0. The molecular formula is C15H16N2O2S. The van der Waals surface area contributed by atoms with Gasteiger partial charge >= 0.3 is 5.97 Å². The van der Waals surface area contributed by atoms with Crippen molar-refractivity contribution in [3.8, 4) is 6.07 Å². The number of esters is 1. The molecule has 1 N–H and O–H groups in total. The van der Waals surface area contributed by atoms with Crippen molar-refractivity contribution in [3.05, 3.63) is 35.9 Å². The van der Waals surface area contributed by atoms with Crippen molar-refractivity contribution in [2.45, 2.75) is 19.4 Å². The summed E-state index contributed by atoms with van der Waals surface area (Å²) in [6, 6.07) is 11.5. The van der Waals surface area contributed by atoms with Crippen LogP contribution in [0.4, 0.5) is 0 Å². The van der Waals surface area contributed by atoms with Crippen LogP contribution >= 0.6 is 12.2 Å². The minimum Gasteiger partial charge on any atom is -0.466 e. The largest absolute Gasteiger partial charge is 0.466 e. The maximum absolute atomic E-state index is 12.1. The molecule has 104 valence electrons. The molecule has 0 amide bonds. The number of carbonyl (C=O) groups excluding carboxylic acids is 1. The highest BCUT2D eigenvalue weighted by Crippen LogP contribution is 2.33. The van der Waals surface area contributed by atoms with E-state index in [0.29, 0.717) is 18.0 Å². The summed E-state index contributed by atoms with van der Waals surface area (Å²) in [5.41, 5.74) is 0.976. The average molecular weight is 288 g/mol. The van der Waals surface area contributed by atoms with Gasteiger partial charge in [0.05, 0.1) is 35.5 Å². The third-order valence-electron chi connectivity index (χ3n) is 3.41. The maximum Gasteiger partial charge on any atom is 0.311 e. The topological polar surface area (TPSA) is 62.1 Å². The van der Waals surface area contributed by atoms with E-state index in [9.17, 15) is 4.79 Å². The summed E-state index contributed by atoms with van der Waals surface area (Å²) < 4.78 is 5.13. The monoisotopic (exact) mass is 288 g/mol. The van der Waals surface area contributed by atoms with Crippen LogP contribution in [0.3, 0.4) is 0 Å². The molecule has 0 bridgehead atoms. The summed E-state index contributed by atoms with van der Waals surface area (Å²) in [6.07, 6.45) is 0.403. The Kier molecular flexibility index (Phi) is 4.70. The van der Waals surface area contributed by atoms with E-state index in [-0.39, 0.29) is 12.0 Å². The molecule has 0 saturated carbocycles. The molecule has 1 heterocycles. The minimum absolute atomic E-state index is 0.229. The zero-order valence-electron chi connectivity index (χ0n) is 11.2. The standard InChI is InChI=1S/C15H16N2O2S/c1-2-19-15(18)12-8-11(9-16)14(20)17-13(12)10-6-4-3-5-7-10/h3-7,11-13H,2,8H2,1H3,(H,17,20). The second-order valence-corrected chi connectivity index (χ2v) is 5.11. The molecule has 3 unspecified atom stereocenters. The normalized spacial score (nSPS) is 25.4. The van der Waals surface area contributed by atoms with Crippen molar-refractivity contribution < 1.29 is 9.53 Å². The molecule has 1 aromatic carbocycles. The molecule has 1 aliphatic rings. The van der Waals surface area contributed by atoms with E-state index in [2.05, 4.69) is 11.4 Å². The summed E-state index contributed by atoms with van der Waals surface area (Å²) in [5.74, 6) is -1.11. The highest BCUT2D eigenvalue weighted by Gasteiger charge is 2.39. The number of piperidine rings is 1. The Labute approximate surface area is 123 Å². The lowest BCUT2D eigenvalue weighted by atomic mass is 9.82. The van der Waals surface area contributed by atoms with Crippen LogP contribution < -0.4 is 5.32 Å². The van der Waals surface area contributed by atoms with Gasteiger partial charge in [-0.1, -0.05) is 42.5 Å². The SMILES string of the molecule is CCOC(=O)C1CC(C#N)C(=S)NC1c1ccccc1. The van der Waals surface area contributed by atoms with Crippen molar-refractivity contribution in [1.29, 1.82) is 5.26 Å². The second-order valence-electron chi connectivity index (χ2n) is 4.67. The number of benzene rings is 1. The van der Waals surface area contributed by atoms with Gasteiger partial charge in [-0.2, -0.15) is 5.26 Å². The van der Waals surface area contributed by atoms with Crippen molar-refractivity contribution in [2.24, 2.45) is 11.8 Å². The fourth-order valence-corrected chi connectivity index (χ4v) is 2.70. The predicted molar refractivity (Wildman–Crippen MR) is 78.8 cm³/mol. The molecule has 1 fully saturated rings. The molecule has 1 aromatic rings. The summed E-state index contributed by atoms with van der Waals surface area (Å²) in [7, 11) is 0. The fraction of sp³-hybridized carbons (Fsp3) is 0.400. The summed E-state index contributed by atoms with van der Waals surface area (Å²) in [4.78, 5) is 12.6. The molecule has 1 saturated heterocycles. The molecular weight excluding hydrogens is 272 g/mol. The van der Waals surface area contributed by atoms with E-state index in [1.165, 1.54) is 0 Å². The van der Waals surface area contributed by atoms with E-state index in [1.54, 1.807) is 6.92 Å². The quantitative estimate of drug-likeness (QED) is 0.683. The van der Waals surface area contributed by atoms with Crippen LogP contribution in [0, 0.1) is 23.2 Å². The van der Waals surface area contributed by atoms with Gasteiger partial charge in [0.2, 0.25) is 0 Å². The number of thiocarbonyl (C=S) groups is 1. The van der Waals surface area contributed by atoms with E-state index in [1.807, 2.05) is 30.3 Å². The first-order chi connectivity index (χ1) is 9.67. The van der Waals surface area contributed by atoms with Gasteiger partial charge in [-0.05, 0) is 18.9 Å². The highest BCUT2D eigenvalue weighted by atomic mass is 32.1. The number of carbonyl (C=O) groups is 1. The van der Waals surface area contributed by atoms with Gasteiger partial charge < -0.3 is 10.1 Å². The smallest absolute Gasteiger partial charge is 0.311 e. The Morgan fingerprint density at radius 3 is 2.80 bits per heavy atom. The average Bonchev–Trinajstić information content (AvgIpc) is 2.48. The molecule has 4 nitrogen and oxygen atoms in total. The van der Waals surface area contributed by atoms with Crippen molar-refractivity contribution in [3.63, 3.8) is 0 Å². The van der Waals surface area contributed by atoms with Crippen molar-refractivity contribution in [2.75, 3.05) is 6.61 Å². The Balaban J connectivity index is 2.29. The Bertz CT molecular complexity index is 539. The van der Waals surface area contributed by atoms with Gasteiger partial charge in [0.1, 0.15) is 0 Å². The third-order valence-corrected chi connectivity index (χ3v) is 3.81. The second kappa shape index (κ2) is 6.49. The molecule has 0 radical (unpaired) electrons. The van der Waals surface area contributed by atoms with Crippen molar-refractivity contribution in [1.82, 2.24) is 5.32 Å². The summed E-state index contributed by atoms with van der Waals surface area (Å²) in [5, 5.41) is 12.2. The lowest BCUT2D eigenvalue weighted by Gasteiger charge is -2.34. The molecule has 5 heteroatoms. The van der Waals surface area contributed by atoms with E-state index < -0.39 is 11.8 Å². The Morgan fingerprint density at radius 2 is 2.20 bits per heavy atom. The van der Waals surface area contributed by atoms with E-state index >= 15 is 0 Å². The van der Waals surface area contributed by atoms with Crippen LogP contribution in [0.15, 0.2) is 30.3 Å². The molecule has 0 aromatic heterocycles. The van der Waals surface area contributed by atoms with Crippen LogP contribution in [-0.2, 0) is 9.53 Å². The molecule has 20 heavy (non-hydrogen) atoms. The summed E-state index contributed by atoms with van der Waals surface area (Å²) >= 11 is 5.22. The molecule has 1 aliphatic heterocycles. The lowest BCUT2D eigenvalue weighted by molar-refractivity contribution is -0.149. The number of rotatable bonds is 3. The number of nitrogens with one attached hydrogen (secondary N) is 1. The van der Waals surface area contributed by atoms with Gasteiger partial charge in [-0.3, -0.25) is 4.79 Å². The molecule has 3 atom stereocenters. The molecule has 0 aliphatic carbocycles. The minimum atomic E-state index is -0.431. The maximum atomic E-state index is 12.1. The number of nitrogens with zero attached hydrogens (tertiary/aromatic N) is 1. The van der Waals surface area contributed by atoms with E-state index in [0.717, 1.165) is 5.56 Å². The van der Waals surface area contributed by atoms with Crippen molar-refractivity contribution >= 4 is 23.2 Å². The Morgan fingerprint density at radius 1 is 1.50 bits per heavy atom. The van der Waals surface area contributed by atoms with Crippen LogP contribution in [0.5, 0.6) is 0 Å². The van der Waals surface area contributed by atoms with Crippen LogP contribution in [0.2, 0.25) is 0 Å². The van der Waals surface area contributed by atoms with E-state index in [4.69, 9.17) is 22.2 Å². The first kappa shape index (κ1) is 14.5. The first-order valence-electron chi connectivity index (χ1n) is 6.59. The van der Waals surface area contributed by atoms with Gasteiger partial charge in [0.25, 0.3) is 0 Å². The van der Waals surface area contributed by atoms with Crippen LogP contribution in [-0.4, -0.2) is 17.6 Å². The van der Waals surface area contributed by atoms with Crippen LogP contribution in [0.25, 0.3) is 0 Å². The lowest BCUT2D eigenvalue weighted by Crippen LogP contribution is -2.45. The number of nitriles is 1. The molecule has 0 spiro atoms. The Hall–Kier alpha value is -1.93. The number of hydrogen-bond acceptors (Lipinski definition) is 4. The van der Waals surface area contributed by atoms with Gasteiger partial charge in [-0.15, -0.1) is 0 Å². The zero-order chi connectivity index (χ0) is 14.5. The molecule has 2 rings (SSSR count). The number of hydrogen-bond donors (Lipinski definition) is 1. The van der Waals surface area contributed by atoms with Gasteiger partial charge in [-0.25, -0.2) is 0 Å². The fourth-order valence-electron chi connectivity index (χ4n) is 2.42. The van der Waals surface area contributed by atoms with Gasteiger partial charge in [0.15, 0.2) is 0 Å². The predicted octanol–water partition coefficient (Wildman–Crippen LogP) is 2.37. The third kappa shape index (κ3) is 2.97. The highest BCUT2D eigenvalue weighted by molar-refractivity contribution is 7.80. The van der Waals surface area contributed by atoms with Crippen LogP contribution in [0.1, 0.15) is 24.9 Å². The number of ether oxygens (including phenoxy) is 1.